The van der Waals surface area contributed by atoms with Gasteiger partial charge in [-0.25, -0.2) is 4.79 Å². The van der Waals surface area contributed by atoms with Gasteiger partial charge in [-0.15, -0.1) is 0 Å². The summed E-state index contributed by atoms with van der Waals surface area (Å²) < 4.78 is 4.95. The molecule has 0 amide bonds. The highest BCUT2D eigenvalue weighted by Gasteiger charge is 2.05. The van der Waals surface area contributed by atoms with Crippen LogP contribution < -0.4 is 10.7 Å². The molecule has 0 fully saturated rings. The molecule has 124 valence electrons. The van der Waals surface area contributed by atoms with Crippen LogP contribution in [0.3, 0.4) is 0 Å². The molecule has 0 spiro atoms. The van der Waals surface area contributed by atoms with E-state index in [2.05, 4.69) is 15.8 Å². The molecule has 0 atom stereocenters. The normalized spacial score (nSPS) is 10.4. The van der Waals surface area contributed by atoms with E-state index in [0.717, 1.165) is 11.1 Å². The van der Waals surface area contributed by atoms with Gasteiger partial charge in [-0.2, -0.15) is 5.10 Å². The van der Waals surface area contributed by atoms with Crippen molar-refractivity contribution in [3.05, 3.63) is 71.3 Å². The molecule has 0 aromatic heterocycles. The Hall–Kier alpha value is -2.73. The van der Waals surface area contributed by atoms with Crippen LogP contribution in [0.5, 0.6) is 0 Å². The second-order valence-corrected chi connectivity index (χ2v) is 5.29. The number of hydrazone groups is 1. The van der Waals surface area contributed by atoms with E-state index in [1.54, 1.807) is 25.3 Å². The number of nitrogens with one attached hydrogen (secondary N) is 2. The van der Waals surface area contributed by atoms with Gasteiger partial charge in [0.25, 0.3) is 0 Å². The standard InChI is InChI=1S/C18H19N3O2S/c1-2-23-17(22)16-10-8-15(9-11-16)12-19-18(24)21-20-13-14-6-4-3-5-7-14/h3-11,13H,2,12H2,1H3,(H2,19,21,24)/b20-13+. The second-order valence-electron chi connectivity index (χ2n) is 4.88. The van der Waals surface area contributed by atoms with E-state index >= 15 is 0 Å². The van der Waals surface area contributed by atoms with Crippen LogP contribution in [-0.2, 0) is 11.3 Å². The SMILES string of the molecule is CCOC(=O)c1ccc(CNC(=S)N/N=C/c2ccccc2)cc1. The number of carbonyl (C=O) groups is 1. The van der Waals surface area contributed by atoms with E-state index in [9.17, 15) is 4.79 Å². The first-order chi connectivity index (χ1) is 11.7. The predicted molar refractivity (Wildman–Crippen MR) is 99.0 cm³/mol. The fourth-order valence-corrected chi connectivity index (χ4v) is 2.02. The van der Waals surface area contributed by atoms with E-state index in [4.69, 9.17) is 17.0 Å². The molecular weight excluding hydrogens is 322 g/mol. The largest absolute Gasteiger partial charge is 0.462 e. The molecule has 0 aliphatic rings. The Morgan fingerprint density at radius 1 is 1.17 bits per heavy atom. The minimum atomic E-state index is -0.315. The molecule has 0 heterocycles. The Bertz CT molecular complexity index is 700. The van der Waals surface area contributed by atoms with Crippen LogP contribution in [0.15, 0.2) is 59.7 Å². The van der Waals surface area contributed by atoms with Gasteiger partial charge in [-0.3, -0.25) is 5.43 Å². The van der Waals surface area contributed by atoms with Crippen molar-refractivity contribution in [1.29, 1.82) is 0 Å². The summed E-state index contributed by atoms with van der Waals surface area (Å²) in [6, 6.07) is 16.9. The minimum absolute atomic E-state index is 0.315. The summed E-state index contributed by atoms with van der Waals surface area (Å²) in [5.74, 6) is -0.315. The molecule has 0 saturated heterocycles. The number of rotatable bonds is 6. The summed E-state index contributed by atoms with van der Waals surface area (Å²) in [5.41, 5.74) is 5.29. The summed E-state index contributed by atoms with van der Waals surface area (Å²) >= 11 is 5.16. The van der Waals surface area contributed by atoms with Crippen molar-refractivity contribution in [2.45, 2.75) is 13.5 Å². The molecule has 2 aromatic rings. The quantitative estimate of drug-likeness (QED) is 0.366. The third kappa shape index (κ3) is 5.81. The topological polar surface area (TPSA) is 62.7 Å². The van der Waals surface area contributed by atoms with Crippen LogP contribution in [0.25, 0.3) is 0 Å². The fraction of sp³-hybridized carbons (Fsp3) is 0.167. The first-order valence-corrected chi connectivity index (χ1v) is 7.98. The van der Waals surface area contributed by atoms with Crippen molar-refractivity contribution in [2.24, 2.45) is 5.10 Å². The van der Waals surface area contributed by atoms with E-state index in [1.165, 1.54) is 0 Å². The molecule has 5 nitrogen and oxygen atoms in total. The lowest BCUT2D eigenvalue weighted by molar-refractivity contribution is 0.0526. The van der Waals surface area contributed by atoms with Gasteiger partial charge in [0.15, 0.2) is 5.11 Å². The summed E-state index contributed by atoms with van der Waals surface area (Å²) in [6.45, 7) is 2.69. The van der Waals surface area contributed by atoms with Gasteiger partial charge in [-0.1, -0.05) is 42.5 Å². The average molecular weight is 341 g/mol. The van der Waals surface area contributed by atoms with Gasteiger partial charge >= 0.3 is 5.97 Å². The van der Waals surface area contributed by atoms with Gasteiger partial charge in [0.05, 0.1) is 18.4 Å². The smallest absolute Gasteiger partial charge is 0.338 e. The zero-order chi connectivity index (χ0) is 17.2. The molecule has 0 aliphatic carbocycles. The third-order valence-corrected chi connectivity index (χ3v) is 3.33. The lowest BCUT2D eigenvalue weighted by Crippen LogP contribution is -2.31. The van der Waals surface area contributed by atoms with Crippen molar-refractivity contribution in [3.63, 3.8) is 0 Å². The monoisotopic (exact) mass is 341 g/mol. The molecule has 6 heteroatoms. The van der Waals surface area contributed by atoms with Gasteiger partial charge in [0.2, 0.25) is 0 Å². The van der Waals surface area contributed by atoms with Gasteiger partial charge in [-0.05, 0) is 42.4 Å². The molecule has 0 bridgehead atoms. The highest BCUT2D eigenvalue weighted by Crippen LogP contribution is 2.06. The summed E-state index contributed by atoms with van der Waals surface area (Å²) in [5, 5.41) is 7.55. The van der Waals surface area contributed by atoms with E-state index in [1.807, 2.05) is 42.5 Å². The molecule has 0 saturated carbocycles. The molecule has 24 heavy (non-hydrogen) atoms. The number of esters is 1. The third-order valence-electron chi connectivity index (χ3n) is 3.10. The number of hydrogen-bond acceptors (Lipinski definition) is 4. The van der Waals surface area contributed by atoms with Crippen molar-refractivity contribution in [1.82, 2.24) is 10.7 Å². The molecular formula is C18H19N3O2S. The zero-order valence-corrected chi connectivity index (χ0v) is 14.2. The van der Waals surface area contributed by atoms with Crippen LogP contribution >= 0.6 is 12.2 Å². The maximum absolute atomic E-state index is 11.6. The van der Waals surface area contributed by atoms with E-state index in [0.29, 0.717) is 23.8 Å². The highest BCUT2D eigenvalue weighted by molar-refractivity contribution is 7.80. The lowest BCUT2D eigenvalue weighted by atomic mass is 10.1. The maximum Gasteiger partial charge on any atom is 0.338 e. The Labute approximate surface area is 146 Å². The van der Waals surface area contributed by atoms with Crippen LogP contribution in [0, 0.1) is 0 Å². The minimum Gasteiger partial charge on any atom is -0.462 e. The second kappa shape index (κ2) is 9.42. The van der Waals surface area contributed by atoms with Gasteiger partial charge in [0.1, 0.15) is 0 Å². The molecule has 0 unspecified atom stereocenters. The van der Waals surface area contributed by atoms with Gasteiger partial charge in [0, 0.05) is 6.54 Å². The first kappa shape index (κ1) is 17.6. The zero-order valence-electron chi connectivity index (χ0n) is 13.4. The van der Waals surface area contributed by atoms with E-state index in [-0.39, 0.29) is 5.97 Å². The predicted octanol–water partition coefficient (Wildman–Crippen LogP) is 2.86. The Balaban J connectivity index is 1.77. The number of ether oxygens (including phenoxy) is 1. The number of benzene rings is 2. The van der Waals surface area contributed by atoms with Crippen LogP contribution in [-0.4, -0.2) is 23.9 Å². The number of thiocarbonyl (C=S) groups is 1. The molecule has 2 N–H and O–H groups in total. The number of carbonyl (C=O) groups excluding carboxylic acids is 1. The molecule has 0 radical (unpaired) electrons. The molecule has 2 rings (SSSR count). The number of hydrogen-bond donors (Lipinski definition) is 2. The Morgan fingerprint density at radius 2 is 1.88 bits per heavy atom. The average Bonchev–Trinajstić information content (AvgIpc) is 2.61. The Morgan fingerprint density at radius 3 is 2.54 bits per heavy atom. The lowest BCUT2D eigenvalue weighted by Gasteiger charge is -2.08. The van der Waals surface area contributed by atoms with Crippen molar-refractivity contribution >= 4 is 29.5 Å². The Kier molecular flexibility index (Phi) is 6.91. The van der Waals surface area contributed by atoms with Crippen LogP contribution in [0.4, 0.5) is 0 Å². The van der Waals surface area contributed by atoms with Crippen LogP contribution in [0.1, 0.15) is 28.4 Å². The van der Waals surface area contributed by atoms with Crippen molar-refractivity contribution in [3.8, 4) is 0 Å². The van der Waals surface area contributed by atoms with Crippen molar-refractivity contribution in [2.75, 3.05) is 6.61 Å². The fourth-order valence-electron chi connectivity index (χ4n) is 1.90. The summed E-state index contributed by atoms with van der Waals surface area (Å²) in [7, 11) is 0. The highest BCUT2D eigenvalue weighted by atomic mass is 32.1. The molecule has 0 aliphatic heterocycles. The van der Waals surface area contributed by atoms with E-state index < -0.39 is 0 Å². The summed E-state index contributed by atoms with van der Waals surface area (Å²) in [4.78, 5) is 11.6. The summed E-state index contributed by atoms with van der Waals surface area (Å²) in [6.07, 6.45) is 1.70. The van der Waals surface area contributed by atoms with Crippen LogP contribution in [0.2, 0.25) is 0 Å². The van der Waals surface area contributed by atoms with Crippen molar-refractivity contribution < 1.29 is 9.53 Å². The van der Waals surface area contributed by atoms with Gasteiger partial charge < -0.3 is 10.1 Å². The first-order valence-electron chi connectivity index (χ1n) is 7.57. The maximum atomic E-state index is 11.6. The number of nitrogens with zero attached hydrogens (tertiary/aromatic N) is 1. The molecule has 2 aromatic carbocycles.